The summed E-state index contributed by atoms with van der Waals surface area (Å²) in [6, 6.07) is 1.67. The number of rotatable bonds is 3. The fourth-order valence-corrected chi connectivity index (χ4v) is 4.54. The van der Waals surface area contributed by atoms with Crippen LogP contribution in [0, 0.1) is 12.8 Å². The molecule has 0 spiro atoms. The second kappa shape index (κ2) is 8.41. The number of carbonyl (C=O) groups is 2. The first kappa shape index (κ1) is 23.5. The molecule has 0 radical (unpaired) electrons. The molecule has 1 fully saturated rings. The highest BCUT2D eigenvalue weighted by Gasteiger charge is 2.48. The van der Waals surface area contributed by atoms with Gasteiger partial charge in [-0.15, -0.1) is 0 Å². The molecule has 1 aromatic rings. The number of fused-ring (bicyclic) bond motifs is 1. The van der Waals surface area contributed by atoms with Crippen LogP contribution in [0.2, 0.25) is 5.02 Å². The number of nitrogens with zero attached hydrogens (tertiary/aromatic N) is 1. The van der Waals surface area contributed by atoms with Crippen LogP contribution in [0.3, 0.4) is 0 Å². The van der Waals surface area contributed by atoms with Crippen molar-refractivity contribution in [2.45, 2.75) is 77.7 Å². The summed E-state index contributed by atoms with van der Waals surface area (Å²) >= 11 is 6.40. The van der Waals surface area contributed by atoms with Gasteiger partial charge in [-0.05, 0) is 59.4 Å². The zero-order valence-corrected chi connectivity index (χ0v) is 20.1. The Labute approximate surface area is 188 Å². The van der Waals surface area contributed by atoms with Crippen molar-refractivity contribution in [3.8, 4) is 11.5 Å². The van der Waals surface area contributed by atoms with E-state index >= 15 is 0 Å². The van der Waals surface area contributed by atoms with Gasteiger partial charge in [0.05, 0.1) is 17.7 Å². The third kappa shape index (κ3) is 4.71. The monoisotopic (exact) mass is 453 g/mol. The van der Waals surface area contributed by atoms with Crippen molar-refractivity contribution < 1.29 is 28.5 Å². The van der Waals surface area contributed by atoms with Crippen molar-refractivity contribution in [1.82, 2.24) is 4.90 Å². The SMILES string of the molecule is COC(=O)c1cc(Cl)c2c(c1C)OC(C)(C1CCC(N(C)C(=O)OC(C)(C)C)CC1)O2. The van der Waals surface area contributed by atoms with E-state index in [1.807, 2.05) is 27.7 Å². The fraction of sp³-hybridized carbons (Fsp3) is 0.652. The number of hydrogen-bond donors (Lipinski definition) is 0. The van der Waals surface area contributed by atoms with Crippen molar-refractivity contribution in [2.75, 3.05) is 14.2 Å². The third-order valence-corrected chi connectivity index (χ3v) is 6.40. The van der Waals surface area contributed by atoms with E-state index in [-0.39, 0.29) is 18.1 Å². The molecule has 172 valence electrons. The van der Waals surface area contributed by atoms with Gasteiger partial charge in [-0.2, -0.15) is 0 Å². The van der Waals surface area contributed by atoms with E-state index in [1.54, 1.807) is 24.9 Å². The van der Waals surface area contributed by atoms with E-state index in [9.17, 15) is 9.59 Å². The van der Waals surface area contributed by atoms with Crippen LogP contribution in [0.5, 0.6) is 11.5 Å². The summed E-state index contributed by atoms with van der Waals surface area (Å²) in [7, 11) is 3.12. The molecule has 8 heteroatoms. The Balaban J connectivity index is 1.70. The molecule has 1 unspecified atom stereocenters. The van der Waals surface area contributed by atoms with Crippen LogP contribution in [0.1, 0.15) is 69.3 Å². The molecule has 1 saturated carbocycles. The van der Waals surface area contributed by atoms with Crippen molar-refractivity contribution in [2.24, 2.45) is 5.92 Å². The second-order valence-corrected chi connectivity index (χ2v) is 9.90. The summed E-state index contributed by atoms with van der Waals surface area (Å²) in [6.07, 6.45) is 2.98. The number of amides is 1. The van der Waals surface area contributed by atoms with Crippen LogP contribution < -0.4 is 9.47 Å². The maximum absolute atomic E-state index is 12.4. The van der Waals surface area contributed by atoms with Crippen LogP contribution in [-0.4, -0.2) is 48.5 Å². The molecule has 1 atom stereocenters. The fourth-order valence-electron chi connectivity index (χ4n) is 4.30. The largest absolute Gasteiger partial charge is 0.465 e. The molecule has 0 saturated heterocycles. The Morgan fingerprint density at radius 3 is 2.29 bits per heavy atom. The van der Waals surface area contributed by atoms with Crippen LogP contribution in [0.25, 0.3) is 0 Å². The lowest BCUT2D eigenvalue weighted by atomic mass is 9.81. The van der Waals surface area contributed by atoms with E-state index in [0.29, 0.717) is 27.6 Å². The average molecular weight is 454 g/mol. The summed E-state index contributed by atoms with van der Waals surface area (Å²) in [5, 5.41) is 0.322. The number of carbonyl (C=O) groups excluding carboxylic acids is 2. The first-order chi connectivity index (χ1) is 14.4. The predicted molar refractivity (Wildman–Crippen MR) is 117 cm³/mol. The lowest BCUT2D eigenvalue weighted by Gasteiger charge is -2.40. The maximum Gasteiger partial charge on any atom is 0.410 e. The zero-order chi connectivity index (χ0) is 23.1. The number of ether oxygens (including phenoxy) is 4. The normalized spacial score (nSPS) is 25.2. The van der Waals surface area contributed by atoms with E-state index < -0.39 is 17.4 Å². The van der Waals surface area contributed by atoms with Gasteiger partial charge >= 0.3 is 12.1 Å². The highest BCUT2D eigenvalue weighted by atomic mass is 35.5. The van der Waals surface area contributed by atoms with Crippen LogP contribution in [-0.2, 0) is 9.47 Å². The molecule has 0 aromatic heterocycles. The number of methoxy groups -OCH3 is 1. The smallest absolute Gasteiger partial charge is 0.410 e. The Hall–Kier alpha value is -2.15. The number of benzene rings is 1. The van der Waals surface area contributed by atoms with E-state index in [1.165, 1.54) is 7.11 Å². The molecule has 3 rings (SSSR count). The standard InChI is InChI=1S/C23H32ClNO6/c1-13-16(20(26)28-7)12-17(24)19-18(13)29-23(5,30-19)14-8-10-15(11-9-14)25(6)21(27)31-22(2,3)4/h12,14-15H,8-11H2,1-7H3. The van der Waals surface area contributed by atoms with E-state index in [4.69, 9.17) is 30.5 Å². The first-order valence-electron chi connectivity index (χ1n) is 10.6. The molecule has 0 bridgehead atoms. The molecule has 1 aromatic carbocycles. The minimum absolute atomic E-state index is 0.106. The second-order valence-electron chi connectivity index (χ2n) is 9.50. The molecule has 1 aliphatic carbocycles. The molecule has 1 heterocycles. The first-order valence-corrected chi connectivity index (χ1v) is 11.0. The van der Waals surface area contributed by atoms with E-state index in [2.05, 4.69) is 0 Å². The van der Waals surface area contributed by atoms with Gasteiger partial charge in [-0.25, -0.2) is 9.59 Å². The van der Waals surface area contributed by atoms with Gasteiger partial charge in [0.15, 0.2) is 11.5 Å². The lowest BCUT2D eigenvalue weighted by molar-refractivity contribution is -0.123. The Morgan fingerprint density at radius 1 is 1.16 bits per heavy atom. The molecule has 7 nitrogen and oxygen atoms in total. The molecular formula is C23H32ClNO6. The number of esters is 1. The predicted octanol–water partition coefficient (Wildman–Crippen LogP) is 5.35. The average Bonchev–Trinajstić information content (AvgIpc) is 3.08. The van der Waals surface area contributed by atoms with Gasteiger partial charge in [-0.3, -0.25) is 0 Å². The summed E-state index contributed by atoms with van der Waals surface area (Å²) in [4.78, 5) is 26.2. The highest BCUT2D eigenvalue weighted by Crippen LogP contribution is 2.51. The van der Waals surface area contributed by atoms with Gasteiger partial charge in [0.25, 0.3) is 5.79 Å². The lowest BCUT2D eigenvalue weighted by Crippen LogP contribution is -2.48. The number of hydrogen-bond acceptors (Lipinski definition) is 6. The summed E-state index contributed by atoms with van der Waals surface area (Å²) < 4.78 is 22.8. The molecular weight excluding hydrogens is 422 g/mol. The van der Waals surface area contributed by atoms with Crippen LogP contribution in [0.15, 0.2) is 6.07 Å². The van der Waals surface area contributed by atoms with Crippen molar-refractivity contribution in [1.29, 1.82) is 0 Å². The zero-order valence-electron chi connectivity index (χ0n) is 19.3. The third-order valence-electron chi connectivity index (χ3n) is 6.12. The van der Waals surface area contributed by atoms with Crippen LogP contribution >= 0.6 is 11.6 Å². The molecule has 1 aliphatic heterocycles. The van der Waals surface area contributed by atoms with Crippen molar-refractivity contribution in [3.05, 3.63) is 22.2 Å². The van der Waals surface area contributed by atoms with Crippen LogP contribution in [0.4, 0.5) is 4.79 Å². The Morgan fingerprint density at radius 2 is 1.74 bits per heavy atom. The highest BCUT2D eigenvalue weighted by molar-refractivity contribution is 6.32. The van der Waals surface area contributed by atoms with Gasteiger partial charge in [0.1, 0.15) is 5.60 Å². The molecule has 0 N–H and O–H groups in total. The van der Waals surface area contributed by atoms with Gasteiger partial charge in [0, 0.05) is 31.5 Å². The van der Waals surface area contributed by atoms with Crippen molar-refractivity contribution in [3.63, 3.8) is 0 Å². The summed E-state index contributed by atoms with van der Waals surface area (Å²) in [6.45, 7) is 9.29. The van der Waals surface area contributed by atoms with Gasteiger partial charge in [-0.1, -0.05) is 11.6 Å². The summed E-state index contributed by atoms with van der Waals surface area (Å²) in [5.41, 5.74) is 0.489. The van der Waals surface area contributed by atoms with E-state index in [0.717, 1.165) is 25.7 Å². The molecule has 31 heavy (non-hydrogen) atoms. The Bertz CT molecular complexity index is 872. The van der Waals surface area contributed by atoms with Gasteiger partial charge < -0.3 is 23.8 Å². The minimum atomic E-state index is -0.888. The Kier molecular flexibility index (Phi) is 6.38. The maximum atomic E-state index is 12.4. The molecule has 1 amide bonds. The van der Waals surface area contributed by atoms with Crippen molar-refractivity contribution >= 4 is 23.7 Å². The minimum Gasteiger partial charge on any atom is -0.465 e. The summed E-state index contributed by atoms with van der Waals surface area (Å²) in [5.74, 6) is -0.294. The number of halogens is 1. The quantitative estimate of drug-likeness (QED) is 0.574. The topological polar surface area (TPSA) is 74.3 Å². The van der Waals surface area contributed by atoms with Gasteiger partial charge in [0.2, 0.25) is 0 Å². The molecule has 2 aliphatic rings.